The largest absolute Gasteiger partial charge is 0.496 e. The lowest BCUT2D eigenvalue weighted by atomic mass is 10.2. The van der Waals surface area contributed by atoms with Gasteiger partial charge in [-0.15, -0.1) is 0 Å². The number of carboxylic acid groups (broad SMARTS) is 1. The van der Waals surface area contributed by atoms with Crippen molar-refractivity contribution in [1.82, 2.24) is 19.3 Å². The molecule has 160 valence electrons. The highest BCUT2D eigenvalue weighted by molar-refractivity contribution is 5.88. The van der Waals surface area contributed by atoms with Gasteiger partial charge in [0.05, 0.1) is 18.3 Å². The summed E-state index contributed by atoms with van der Waals surface area (Å²) in [5.74, 6) is -0.700. The topological polar surface area (TPSA) is 94.2 Å². The van der Waals surface area contributed by atoms with Gasteiger partial charge in [0, 0.05) is 49.2 Å². The molecule has 4 rings (SSSR count). The van der Waals surface area contributed by atoms with Gasteiger partial charge >= 0.3 is 5.97 Å². The molecule has 0 radical (unpaired) electrons. The van der Waals surface area contributed by atoms with Crippen LogP contribution in [0.5, 0.6) is 5.75 Å². The van der Waals surface area contributed by atoms with Gasteiger partial charge in [0.15, 0.2) is 0 Å². The number of carbonyl (C=O) groups is 1. The quantitative estimate of drug-likeness (QED) is 0.471. The van der Waals surface area contributed by atoms with Gasteiger partial charge < -0.3 is 19.7 Å². The van der Waals surface area contributed by atoms with Crippen molar-refractivity contribution in [3.63, 3.8) is 0 Å². The predicted molar refractivity (Wildman–Crippen MR) is 115 cm³/mol. The lowest BCUT2D eigenvalue weighted by Crippen LogP contribution is -2.12. The normalized spacial score (nSPS) is 11.1. The molecule has 0 bridgehead atoms. The number of nitrogens with zero attached hydrogens (tertiary/aromatic N) is 4. The van der Waals surface area contributed by atoms with Crippen LogP contribution in [0.1, 0.15) is 16.2 Å². The van der Waals surface area contributed by atoms with Gasteiger partial charge in [-0.25, -0.2) is 9.18 Å². The number of hydrogen-bond donors (Lipinski definition) is 2. The average Bonchev–Trinajstić information content (AvgIpc) is 3.29. The van der Waals surface area contributed by atoms with Crippen LogP contribution in [-0.4, -0.2) is 44.1 Å². The molecule has 9 heteroatoms. The molecule has 2 N–H and O–H groups in total. The third kappa shape index (κ3) is 3.81. The van der Waals surface area contributed by atoms with Crippen molar-refractivity contribution in [2.24, 2.45) is 7.05 Å². The van der Waals surface area contributed by atoms with Gasteiger partial charge in [-0.3, -0.25) is 9.67 Å². The Hall–Kier alpha value is -3.88. The Morgan fingerprint density at radius 3 is 2.74 bits per heavy atom. The minimum absolute atomic E-state index is 0.0857. The number of aromatic carboxylic acids is 1. The molecule has 0 saturated heterocycles. The van der Waals surface area contributed by atoms with Crippen LogP contribution in [0, 0.1) is 12.7 Å². The maximum absolute atomic E-state index is 14.5. The number of rotatable bonds is 7. The molecule has 31 heavy (non-hydrogen) atoms. The number of pyridine rings is 1. The summed E-state index contributed by atoms with van der Waals surface area (Å²) in [6.45, 7) is 3.03. The van der Waals surface area contributed by atoms with Crippen molar-refractivity contribution in [3.05, 3.63) is 59.8 Å². The molecule has 3 aromatic heterocycles. The van der Waals surface area contributed by atoms with E-state index in [1.54, 1.807) is 32.5 Å². The number of aryl methyl sites for hydroxylation is 2. The third-order valence-electron chi connectivity index (χ3n) is 5.18. The minimum Gasteiger partial charge on any atom is -0.496 e. The zero-order valence-electron chi connectivity index (χ0n) is 17.4. The summed E-state index contributed by atoms with van der Waals surface area (Å²) >= 11 is 0. The van der Waals surface area contributed by atoms with Crippen LogP contribution in [0.25, 0.3) is 22.3 Å². The van der Waals surface area contributed by atoms with Gasteiger partial charge in [-0.05, 0) is 37.3 Å². The molecule has 8 nitrogen and oxygen atoms in total. The molecule has 0 saturated carbocycles. The number of carboxylic acids is 1. The monoisotopic (exact) mass is 423 g/mol. The number of halogens is 1. The fourth-order valence-electron chi connectivity index (χ4n) is 3.69. The number of nitrogens with one attached hydrogen (secondary N) is 1. The highest BCUT2D eigenvalue weighted by atomic mass is 19.1. The first-order valence-corrected chi connectivity index (χ1v) is 9.69. The summed E-state index contributed by atoms with van der Waals surface area (Å²) in [7, 11) is 3.15. The van der Waals surface area contributed by atoms with Crippen molar-refractivity contribution >= 4 is 22.6 Å². The van der Waals surface area contributed by atoms with Crippen LogP contribution in [-0.2, 0) is 13.6 Å². The third-order valence-corrected chi connectivity index (χ3v) is 5.18. The Bertz CT molecular complexity index is 1280. The number of ether oxygens (including phenoxy) is 1. The lowest BCUT2D eigenvalue weighted by Gasteiger charge is -2.12. The van der Waals surface area contributed by atoms with Gasteiger partial charge in [-0.1, -0.05) is 0 Å². The molecule has 0 fully saturated rings. The van der Waals surface area contributed by atoms with E-state index in [2.05, 4.69) is 15.4 Å². The zero-order chi connectivity index (χ0) is 22.1. The first kappa shape index (κ1) is 20.4. The second-order valence-corrected chi connectivity index (χ2v) is 7.15. The smallest absolute Gasteiger partial charge is 0.354 e. The van der Waals surface area contributed by atoms with Gasteiger partial charge in [0.1, 0.15) is 23.0 Å². The Labute approximate surface area is 177 Å². The summed E-state index contributed by atoms with van der Waals surface area (Å²) in [5.41, 5.74) is 3.38. The molecule has 1 aromatic carbocycles. The molecule has 3 heterocycles. The summed E-state index contributed by atoms with van der Waals surface area (Å²) < 4.78 is 23.1. The maximum Gasteiger partial charge on any atom is 0.354 e. The minimum atomic E-state index is -1.05. The van der Waals surface area contributed by atoms with E-state index in [1.807, 2.05) is 23.6 Å². The van der Waals surface area contributed by atoms with Crippen LogP contribution in [0.2, 0.25) is 0 Å². The van der Waals surface area contributed by atoms with Crippen LogP contribution < -0.4 is 10.1 Å². The summed E-state index contributed by atoms with van der Waals surface area (Å²) in [5, 5.41) is 17.5. The van der Waals surface area contributed by atoms with Crippen molar-refractivity contribution in [3.8, 4) is 17.1 Å². The van der Waals surface area contributed by atoms with E-state index in [0.717, 1.165) is 16.8 Å². The number of methoxy groups -OCH3 is 1. The Kier molecular flexibility index (Phi) is 5.33. The van der Waals surface area contributed by atoms with E-state index in [1.165, 1.54) is 16.8 Å². The number of anilines is 1. The number of benzene rings is 1. The van der Waals surface area contributed by atoms with E-state index in [-0.39, 0.29) is 11.5 Å². The molecule has 0 aliphatic carbocycles. The molecule has 0 amide bonds. The van der Waals surface area contributed by atoms with Crippen molar-refractivity contribution in [2.75, 3.05) is 19.0 Å². The van der Waals surface area contributed by atoms with E-state index in [4.69, 9.17) is 4.74 Å². The zero-order valence-corrected chi connectivity index (χ0v) is 17.4. The van der Waals surface area contributed by atoms with Gasteiger partial charge in [0.2, 0.25) is 0 Å². The van der Waals surface area contributed by atoms with Crippen molar-refractivity contribution in [2.45, 2.75) is 13.5 Å². The standard InChI is InChI=1S/C22H22FN5O3/c1-13-10-15-20(31-3)5-4-16(23)21(15)28(13)9-8-24-14-6-7-25-17(11-14)18-12-19(22(29)30)27(2)26-18/h4-7,10-12H,8-9H2,1-3H3,(H,24,25)(H,29,30). The second-order valence-electron chi connectivity index (χ2n) is 7.15. The fourth-order valence-corrected chi connectivity index (χ4v) is 3.69. The highest BCUT2D eigenvalue weighted by Crippen LogP contribution is 2.30. The Morgan fingerprint density at radius 1 is 1.23 bits per heavy atom. The number of fused-ring (bicyclic) bond motifs is 1. The van der Waals surface area contributed by atoms with E-state index >= 15 is 0 Å². The molecule has 0 aliphatic heterocycles. The Balaban J connectivity index is 1.53. The van der Waals surface area contributed by atoms with Crippen molar-refractivity contribution < 1.29 is 19.0 Å². The predicted octanol–water partition coefficient (Wildman–Crippen LogP) is 3.70. The van der Waals surface area contributed by atoms with Crippen molar-refractivity contribution in [1.29, 1.82) is 0 Å². The van der Waals surface area contributed by atoms with E-state index in [9.17, 15) is 14.3 Å². The van der Waals surface area contributed by atoms with E-state index in [0.29, 0.717) is 35.7 Å². The number of hydrogen-bond acceptors (Lipinski definition) is 5. The maximum atomic E-state index is 14.5. The summed E-state index contributed by atoms with van der Waals surface area (Å²) in [6.07, 6.45) is 1.63. The molecule has 4 aromatic rings. The molecular weight excluding hydrogens is 401 g/mol. The first-order chi connectivity index (χ1) is 14.9. The molecule has 0 aliphatic rings. The highest BCUT2D eigenvalue weighted by Gasteiger charge is 2.15. The lowest BCUT2D eigenvalue weighted by molar-refractivity contribution is 0.0685. The molecule has 0 unspecified atom stereocenters. The van der Waals surface area contributed by atoms with Gasteiger partial charge in [-0.2, -0.15) is 5.10 Å². The van der Waals surface area contributed by atoms with E-state index < -0.39 is 5.97 Å². The number of aromatic nitrogens is 4. The van der Waals surface area contributed by atoms with Crippen LogP contribution in [0.15, 0.2) is 42.6 Å². The summed E-state index contributed by atoms with van der Waals surface area (Å²) in [4.78, 5) is 15.5. The average molecular weight is 423 g/mol. The fraction of sp³-hybridized carbons (Fsp3) is 0.227. The van der Waals surface area contributed by atoms with Gasteiger partial charge in [0.25, 0.3) is 0 Å². The van der Waals surface area contributed by atoms with Crippen LogP contribution >= 0.6 is 0 Å². The van der Waals surface area contributed by atoms with Crippen LogP contribution in [0.3, 0.4) is 0 Å². The Morgan fingerprint density at radius 2 is 2.03 bits per heavy atom. The first-order valence-electron chi connectivity index (χ1n) is 9.69. The van der Waals surface area contributed by atoms with Crippen LogP contribution in [0.4, 0.5) is 10.1 Å². The second kappa shape index (κ2) is 8.10. The SMILES string of the molecule is COc1ccc(F)c2c1cc(C)n2CCNc1ccnc(-c2cc(C(=O)O)n(C)n2)c1. The summed E-state index contributed by atoms with van der Waals surface area (Å²) in [6, 6.07) is 10.1. The molecule has 0 atom stereocenters. The molecule has 0 spiro atoms. The molecular formula is C22H22FN5O3.